The molecule has 0 bridgehead atoms. The van der Waals surface area contributed by atoms with E-state index in [0.717, 1.165) is 0 Å². The highest BCUT2D eigenvalue weighted by Gasteiger charge is 1.82. The number of nitrogens with two attached hydrogens (primary N) is 1. The summed E-state index contributed by atoms with van der Waals surface area (Å²) in [6.07, 6.45) is 6.30. The van der Waals surface area contributed by atoms with Gasteiger partial charge in [0.25, 0.3) is 0 Å². The van der Waals surface area contributed by atoms with E-state index in [-0.39, 0.29) is 13.8 Å². The van der Waals surface area contributed by atoms with Gasteiger partial charge in [-0.1, -0.05) is 20.8 Å². The predicted molar refractivity (Wildman–Crippen MR) is 54.7 cm³/mol. The first-order valence-corrected chi connectivity index (χ1v) is 3.84. The number of nitrogens with zero attached hydrogens (tertiary/aromatic N) is 1. The molecule has 0 radical (unpaired) electrons. The molecule has 0 aliphatic rings. The second kappa shape index (κ2) is 16.6. The van der Waals surface area contributed by atoms with Crippen molar-refractivity contribution in [2.24, 2.45) is 5.73 Å². The third-order valence-electron chi connectivity index (χ3n) is 1.05. The lowest BCUT2D eigenvalue weighted by molar-refractivity contribution is -0.460. The Kier molecular flexibility index (Phi) is 23.9. The SMILES string of the molecule is C[N+](C)=CCCC[13CH3].N[13CH]=O.[13CH4]. The summed E-state index contributed by atoms with van der Waals surface area (Å²) in [5.74, 6) is 0. The summed E-state index contributed by atoms with van der Waals surface area (Å²) >= 11 is 0. The summed E-state index contributed by atoms with van der Waals surface area (Å²) in [4.78, 5) is 8.58. The largest absolute Gasteiger partial charge is 0.372 e. The highest BCUT2D eigenvalue weighted by Crippen LogP contribution is 1.88. The molecule has 2 N–H and O–H groups in total. The van der Waals surface area contributed by atoms with Crippen LogP contribution in [-0.2, 0) is 4.79 Å². The van der Waals surface area contributed by atoms with E-state index in [1.54, 1.807) is 0 Å². The van der Waals surface area contributed by atoms with Crippen molar-refractivity contribution in [3.63, 3.8) is 0 Å². The molecule has 0 saturated carbocycles. The van der Waals surface area contributed by atoms with Crippen LogP contribution in [0.3, 0.4) is 0 Å². The fourth-order valence-electron chi connectivity index (χ4n) is 0.554. The van der Waals surface area contributed by atoms with Gasteiger partial charge in [-0.2, -0.15) is 0 Å². The first-order valence-electron chi connectivity index (χ1n) is 3.84. The third kappa shape index (κ3) is 35.3. The number of primary amides is 1. The summed E-state index contributed by atoms with van der Waals surface area (Å²) in [6, 6.07) is 0. The number of amides is 1. The summed E-state index contributed by atoms with van der Waals surface area (Å²) < 4.78 is 2.11. The van der Waals surface area contributed by atoms with Gasteiger partial charge in [0.1, 0.15) is 20.3 Å². The van der Waals surface area contributed by atoms with E-state index in [4.69, 9.17) is 4.79 Å². The number of carbonyl (C=O) groups excluding carboxylic acids is 1. The van der Waals surface area contributed by atoms with Gasteiger partial charge in [0.05, 0.1) is 0 Å². The molecular weight excluding hydrogens is 155 g/mol. The monoisotopic (exact) mass is 178 g/mol. The van der Waals surface area contributed by atoms with Crippen LogP contribution < -0.4 is 5.73 Å². The zero-order valence-corrected chi connectivity index (χ0v) is 7.71. The fraction of sp³-hybridized carbons (Fsp3) is 0.778. The zero-order valence-electron chi connectivity index (χ0n) is 7.71. The van der Waals surface area contributed by atoms with Crippen molar-refractivity contribution in [3.05, 3.63) is 0 Å². The summed E-state index contributed by atoms with van der Waals surface area (Å²) in [7, 11) is 4.13. The van der Waals surface area contributed by atoms with Gasteiger partial charge < -0.3 is 5.73 Å². The normalized spacial score (nSPS) is 6.92. The first kappa shape index (κ1) is 17.3. The number of rotatable bonds is 3. The number of hydrogen-bond donors (Lipinski definition) is 1. The van der Waals surface area contributed by atoms with Crippen LogP contribution in [0.25, 0.3) is 0 Å². The van der Waals surface area contributed by atoms with E-state index in [2.05, 4.69) is 37.5 Å². The summed E-state index contributed by atoms with van der Waals surface area (Å²) in [5, 5.41) is 0. The van der Waals surface area contributed by atoms with Crippen LogP contribution in [0.2, 0.25) is 0 Å². The standard InChI is InChI=1S/C7H16N.CH3NO.CH4/c1-4-5-6-7-8(2)3;2-1-3;/h7H,4-6H2,1-3H3;1H,(H2,2,3);1H4/q+1;;/i3*1+1. The van der Waals surface area contributed by atoms with Gasteiger partial charge in [-0.25, -0.2) is 4.58 Å². The Morgan fingerprint density at radius 3 is 2.08 bits per heavy atom. The fourth-order valence-corrected chi connectivity index (χ4v) is 0.554. The lowest BCUT2D eigenvalue weighted by atomic mass is 10.3. The molecule has 0 saturated heterocycles. The molecule has 0 aromatic rings. The van der Waals surface area contributed by atoms with Gasteiger partial charge in [-0.3, -0.25) is 4.79 Å². The quantitative estimate of drug-likeness (QED) is 0.228. The van der Waals surface area contributed by atoms with Gasteiger partial charge in [-0.05, 0) is 6.42 Å². The van der Waals surface area contributed by atoms with E-state index in [9.17, 15) is 0 Å². The Hall–Kier alpha value is -0.860. The highest BCUT2D eigenvalue weighted by molar-refractivity contribution is 5.50. The molecule has 3 nitrogen and oxygen atoms in total. The van der Waals surface area contributed by atoms with Crippen molar-refractivity contribution in [3.8, 4) is 0 Å². The topological polar surface area (TPSA) is 46.1 Å². The van der Waals surface area contributed by atoms with Crippen molar-refractivity contribution in [1.82, 2.24) is 0 Å². The Morgan fingerprint density at radius 2 is 1.83 bits per heavy atom. The Morgan fingerprint density at radius 1 is 1.42 bits per heavy atom. The molecule has 0 rings (SSSR count). The summed E-state index contributed by atoms with van der Waals surface area (Å²) in [5.41, 5.74) is 4.17. The zero-order chi connectivity index (χ0) is 9.11. The van der Waals surface area contributed by atoms with Crippen molar-refractivity contribution in [2.75, 3.05) is 14.1 Å². The minimum absolute atomic E-state index is 0. The van der Waals surface area contributed by atoms with Crippen molar-refractivity contribution >= 4 is 12.6 Å². The molecule has 0 aliphatic heterocycles. The second-order valence-electron chi connectivity index (χ2n) is 2.42. The minimum Gasteiger partial charge on any atom is -0.372 e. The number of unbranched alkanes of at least 4 members (excludes halogenated alkanes) is 2. The number of carbonyl (C=O) groups is 1. The minimum atomic E-state index is 0. The van der Waals surface area contributed by atoms with Gasteiger partial charge in [-0.15, -0.1) is 0 Å². The predicted octanol–water partition coefficient (Wildman–Crippen LogP) is 1.26. The second-order valence-corrected chi connectivity index (χ2v) is 2.42. The van der Waals surface area contributed by atoms with Gasteiger partial charge in [0, 0.05) is 6.42 Å². The van der Waals surface area contributed by atoms with Gasteiger partial charge in [0.15, 0.2) is 0 Å². The lowest BCUT2D eigenvalue weighted by Crippen LogP contribution is -1.97. The molecule has 0 aromatic heterocycles. The molecule has 0 unspecified atom stereocenters. The first-order chi connectivity index (χ1) is 5.18. The molecule has 74 valence electrons. The van der Waals surface area contributed by atoms with Crippen LogP contribution in [0.5, 0.6) is 0 Å². The molecule has 12 heavy (non-hydrogen) atoms. The Labute approximate surface area is 76.3 Å². The molecule has 0 aliphatic carbocycles. The lowest BCUT2D eigenvalue weighted by Gasteiger charge is -1.85. The highest BCUT2D eigenvalue weighted by atomic mass is 16.2. The van der Waals surface area contributed by atoms with Crippen LogP contribution in [-0.4, -0.2) is 31.3 Å². The van der Waals surface area contributed by atoms with Crippen LogP contribution in [0.15, 0.2) is 0 Å². The van der Waals surface area contributed by atoms with Crippen LogP contribution >= 0.6 is 0 Å². The molecular formula is C9H23N2O+. The van der Waals surface area contributed by atoms with E-state index < -0.39 is 0 Å². The van der Waals surface area contributed by atoms with Crippen LogP contribution in [0.1, 0.15) is 33.6 Å². The molecule has 3 heteroatoms. The molecule has 1 amide bonds. The van der Waals surface area contributed by atoms with Crippen molar-refractivity contribution in [1.29, 1.82) is 0 Å². The smallest absolute Gasteiger partial charge is 0.204 e. The maximum absolute atomic E-state index is 8.58. The van der Waals surface area contributed by atoms with E-state index in [1.165, 1.54) is 19.3 Å². The van der Waals surface area contributed by atoms with E-state index in [0.29, 0.717) is 0 Å². The van der Waals surface area contributed by atoms with Crippen LogP contribution in [0.4, 0.5) is 0 Å². The maximum Gasteiger partial charge on any atom is 0.204 e. The van der Waals surface area contributed by atoms with Crippen LogP contribution in [0, 0.1) is 0 Å². The average molecular weight is 178 g/mol. The average Bonchev–Trinajstić information content (AvgIpc) is 1.89. The summed E-state index contributed by atoms with van der Waals surface area (Å²) in [6.45, 7) is 2.21. The van der Waals surface area contributed by atoms with Gasteiger partial charge >= 0.3 is 0 Å². The Balaban J connectivity index is -0.000000177. The van der Waals surface area contributed by atoms with Crippen molar-refractivity contribution < 1.29 is 9.37 Å². The number of hydrogen-bond acceptors (Lipinski definition) is 1. The molecule has 0 atom stereocenters. The Bertz CT molecular complexity index is 107. The maximum atomic E-state index is 8.58. The van der Waals surface area contributed by atoms with E-state index in [1.807, 2.05) is 0 Å². The van der Waals surface area contributed by atoms with E-state index >= 15 is 0 Å². The molecule has 0 spiro atoms. The van der Waals surface area contributed by atoms with Crippen molar-refractivity contribution in [2.45, 2.75) is 33.6 Å². The molecule has 0 heterocycles. The molecule has 0 fully saturated rings. The molecule has 0 aromatic carbocycles. The third-order valence-corrected chi connectivity index (χ3v) is 1.05. The van der Waals surface area contributed by atoms with Gasteiger partial charge in [0.2, 0.25) is 6.41 Å².